The Morgan fingerprint density at radius 3 is 2.77 bits per heavy atom. The summed E-state index contributed by atoms with van der Waals surface area (Å²) < 4.78 is 4.91. The molecule has 0 saturated heterocycles. The highest BCUT2D eigenvalue weighted by Gasteiger charge is 2.06. The Morgan fingerprint density at radius 2 is 2.23 bits per heavy atom. The summed E-state index contributed by atoms with van der Waals surface area (Å²) >= 11 is 0. The van der Waals surface area contributed by atoms with Crippen molar-refractivity contribution in [3.05, 3.63) is 29.9 Å². The minimum atomic E-state index is -0.187. The van der Waals surface area contributed by atoms with E-state index in [9.17, 15) is 0 Å². The lowest BCUT2D eigenvalue weighted by molar-refractivity contribution is 0.399. The predicted octanol–water partition coefficient (Wildman–Crippen LogP) is 1.68. The highest BCUT2D eigenvalue weighted by molar-refractivity contribution is 5.40. The molecular weight excluding hydrogens is 166 g/mol. The van der Waals surface area contributed by atoms with Gasteiger partial charge in [0.05, 0.1) is 6.04 Å². The smallest absolute Gasteiger partial charge is 0.250 e. The van der Waals surface area contributed by atoms with E-state index >= 15 is 0 Å². The number of nitrogens with two attached hydrogens (primary N) is 1. The molecule has 0 aliphatic rings. The molecule has 1 heterocycles. The third kappa shape index (κ3) is 2.83. The van der Waals surface area contributed by atoms with Crippen LogP contribution in [0.2, 0.25) is 0 Å². The molecule has 1 aromatic heterocycles. The zero-order valence-electron chi connectivity index (χ0n) is 7.77. The molecule has 4 nitrogen and oxygen atoms in total. The van der Waals surface area contributed by atoms with Gasteiger partial charge in [-0.3, -0.25) is 0 Å². The van der Waals surface area contributed by atoms with Crippen molar-refractivity contribution < 1.29 is 4.52 Å². The van der Waals surface area contributed by atoms with Crippen LogP contribution >= 0.6 is 0 Å². The van der Waals surface area contributed by atoms with E-state index in [1.54, 1.807) is 6.08 Å². The SMILES string of the molecule is C/C=C/C=C/c1nc(C(C)N)no1. The van der Waals surface area contributed by atoms with Crippen LogP contribution < -0.4 is 5.73 Å². The monoisotopic (exact) mass is 179 g/mol. The molecule has 1 rings (SSSR count). The zero-order valence-corrected chi connectivity index (χ0v) is 7.77. The first-order valence-electron chi connectivity index (χ1n) is 4.12. The standard InChI is InChI=1S/C9H13N3O/c1-3-4-5-6-8-11-9(7(2)10)12-13-8/h3-7H,10H2,1-2H3/b4-3+,6-5+. The summed E-state index contributed by atoms with van der Waals surface area (Å²) in [6.07, 6.45) is 7.37. The zero-order chi connectivity index (χ0) is 9.68. The van der Waals surface area contributed by atoms with Crippen LogP contribution in [0.3, 0.4) is 0 Å². The molecule has 4 heteroatoms. The molecule has 1 atom stereocenters. The van der Waals surface area contributed by atoms with Gasteiger partial charge in [-0.25, -0.2) is 0 Å². The summed E-state index contributed by atoms with van der Waals surface area (Å²) in [4.78, 5) is 4.06. The van der Waals surface area contributed by atoms with Crippen molar-refractivity contribution in [2.24, 2.45) is 5.73 Å². The van der Waals surface area contributed by atoms with E-state index in [1.807, 2.05) is 32.1 Å². The van der Waals surface area contributed by atoms with Gasteiger partial charge in [-0.2, -0.15) is 4.98 Å². The Balaban J connectivity index is 2.69. The van der Waals surface area contributed by atoms with Crippen molar-refractivity contribution in [3.63, 3.8) is 0 Å². The molecule has 1 aromatic rings. The Bertz CT molecular complexity index is 312. The number of aromatic nitrogens is 2. The number of rotatable bonds is 3. The largest absolute Gasteiger partial charge is 0.335 e. The highest BCUT2D eigenvalue weighted by Crippen LogP contribution is 2.05. The average Bonchev–Trinajstić information content (AvgIpc) is 2.53. The molecular formula is C9H13N3O. The van der Waals surface area contributed by atoms with E-state index in [1.165, 1.54) is 0 Å². The molecule has 0 aliphatic heterocycles. The maximum absolute atomic E-state index is 5.56. The minimum Gasteiger partial charge on any atom is -0.335 e. The first-order valence-corrected chi connectivity index (χ1v) is 4.12. The fourth-order valence-corrected chi connectivity index (χ4v) is 0.749. The number of nitrogens with zero attached hydrogens (tertiary/aromatic N) is 2. The summed E-state index contributed by atoms with van der Waals surface area (Å²) in [7, 11) is 0. The minimum absolute atomic E-state index is 0.187. The van der Waals surface area contributed by atoms with E-state index < -0.39 is 0 Å². The van der Waals surface area contributed by atoms with Gasteiger partial charge in [-0.15, -0.1) is 0 Å². The molecule has 0 aromatic carbocycles. The third-order valence-electron chi connectivity index (χ3n) is 1.41. The predicted molar refractivity (Wildman–Crippen MR) is 50.7 cm³/mol. The lowest BCUT2D eigenvalue weighted by Crippen LogP contribution is -2.06. The normalized spacial score (nSPS) is 14.4. The van der Waals surface area contributed by atoms with Gasteiger partial charge < -0.3 is 10.3 Å². The van der Waals surface area contributed by atoms with E-state index in [4.69, 9.17) is 10.3 Å². The van der Waals surface area contributed by atoms with Gasteiger partial charge in [-0.05, 0) is 13.8 Å². The topological polar surface area (TPSA) is 64.9 Å². The second-order valence-corrected chi connectivity index (χ2v) is 2.66. The van der Waals surface area contributed by atoms with Gasteiger partial charge >= 0.3 is 0 Å². The van der Waals surface area contributed by atoms with E-state index in [2.05, 4.69) is 10.1 Å². The lowest BCUT2D eigenvalue weighted by Gasteiger charge is -1.92. The molecule has 2 N–H and O–H groups in total. The summed E-state index contributed by atoms with van der Waals surface area (Å²) in [5.74, 6) is 1.01. The second-order valence-electron chi connectivity index (χ2n) is 2.66. The van der Waals surface area contributed by atoms with Crippen molar-refractivity contribution in [3.8, 4) is 0 Å². The highest BCUT2D eigenvalue weighted by atomic mass is 16.5. The van der Waals surface area contributed by atoms with Crippen LogP contribution in [0.15, 0.2) is 22.8 Å². The van der Waals surface area contributed by atoms with Gasteiger partial charge in [-0.1, -0.05) is 23.4 Å². The summed E-state index contributed by atoms with van der Waals surface area (Å²) in [5.41, 5.74) is 5.56. The second kappa shape index (κ2) is 4.57. The molecule has 0 fully saturated rings. The fourth-order valence-electron chi connectivity index (χ4n) is 0.749. The molecule has 70 valence electrons. The Hall–Kier alpha value is -1.42. The molecule has 0 saturated carbocycles. The maximum atomic E-state index is 5.56. The molecule has 0 spiro atoms. The van der Waals surface area contributed by atoms with Crippen molar-refractivity contribution >= 4 is 6.08 Å². The first-order chi connectivity index (χ1) is 6.24. The number of hydrogen-bond donors (Lipinski definition) is 1. The summed E-state index contributed by atoms with van der Waals surface area (Å²) in [5, 5.41) is 3.71. The first kappa shape index (κ1) is 9.67. The molecule has 13 heavy (non-hydrogen) atoms. The van der Waals surface area contributed by atoms with Crippen molar-refractivity contribution in [1.29, 1.82) is 0 Å². The Morgan fingerprint density at radius 1 is 1.46 bits per heavy atom. The fraction of sp³-hybridized carbons (Fsp3) is 0.333. The van der Waals surface area contributed by atoms with E-state index in [0.717, 1.165) is 0 Å². The summed E-state index contributed by atoms with van der Waals surface area (Å²) in [6, 6.07) is -0.187. The lowest BCUT2D eigenvalue weighted by atomic mass is 10.3. The van der Waals surface area contributed by atoms with Crippen molar-refractivity contribution in [1.82, 2.24) is 10.1 Å². The molecule has 0 bridgehead atoms. The van der Waals surface area contributed by atoms with Crippen LogP contribution in [-0.2, 0) is 0 Å². The van der Waals surface area contributed by atoms with E-state index in [-0.39, 0.29) is 6.04 Å². The molecule has 0 amide bonds. The maximum Gasteiger partial charge on any atom is 0.250 e. The van der Waals surface area contributed by atoms with Gasteiger partial charge in [0.2, 0.25) is 0 Å². The van der Waals surface area contributed by atoms with Crippen LogP contribution in [-0.4, -0.2) is 10.1 Å². The van der Waals surface area contributed by atoms with Crippen molar-refractivity contribution in [2.45, 2.75) is 19.9 Å². The van der Waals surface area contributed by atoms with Crippen LogP contribution in [0.1, 0.15) is 31.6 Å². The molecule has 1 unspecified atom stereocenters. The number of allylic oxidation sites excluding steroid dienone is 3. The number of hydrogen-bond acceptors (Lipinski definition) is 4. The van der Waals surface area contributed by atoms with Gasteiger partial charge in [0, 0.05) is 6.08 Å². The van der Waals surface area contributed by atoms with Crippen LogP contribution in [0.5, 0.6) is 0 Å². The van der Waals surface area contributed by atoms with Crippen LogP contribution in [0.4, 0.5) is 0 Å². The third-order valence-corrected chi connectivity index (χ3v) is 1.41. The van der Waals surface area contributed by atoms with Gasteiger partial charge in [0.15, 0.2) is 5.82 Å². The van der Waals surface area contributed by atoms with Gasteiger partial charge in [0.1, 0.15) is 0 Å². The van der Waals surface area contributed by atoms with Crippen LogP contribution in [0.25, 0.3) is 6.08 Å². The van der Waals surface area contributed by atoms with Gasteiger partial charge in [0.25, 0.3) is 5.89 Å². The summed E-state index contributed by atoms with van der Waals surface area (Å²) in [6.45, 7) is 3.75. The Labute approximate surface area is 77.1 Å². The van der Waals surface area contributed by atoms with Crippen molar-refractivity contribution in [2.75, 3.05) is 0 Å². The van der Waals surface area contributed by atoms with E-state index in [0.29, 0.717) is 11.7 Å². The van der Waals surface area contributed by atoms with Crippen LogP contribution in [0, 0.1) is 0 Å². The average molecular weight is 179 g/mol. The molecule has 0 radical (unpaired) electrons. The molecule has 0 aliphatic carbocycles. The quantitative estimate of drug-likeness (QED) is 0.717. The Kier molecular flexibility index (Phi) is 3.40.